The van der Waals surface area contributed by atoms with Gasteiger partial charge in [0.15, 0.2) is 5.96 Å². The van der Waals surface area contributed by atoms with E-state index in [1.54, 1.807) is 0 Å². The number of aliphatic imine (C=N–C) groups is 1. The third-order valence-corrected chi connectivity index (χ3v) is 2.45. The van der Waals surface area contributed by atoms with E-state index in [2.05, 4.69) is 10.3 Å². The Balaban J connectivity index is 2.37. The second-order valence-electron chi connectivity index (χ2n) is 3.72. The first-order chi connectivity index (χ1) is 6.68. The number of nitrogens with one attached hydrogen (secondary N) is 2. The molecule has 5 nitrogen and oxygen atoms in total. The van der Waals surface area contributed by atoms with Crippen LogP contribution in [0, 0.1) is 5.41 Å². The summed E-state index contributed by atoms with van der Waals surface area (Å²) in [7, 11) is 0. The predicted molar refractivity (Wildman–Crippen MR) is 58.2 cm³/mol. The zero-order valence-corrected chi connectivity index (χ0v) is 8.42. The summed E-state index contributed by atoms with van der Waals surface area (Å²) in [5.41, 5.74) is 10.7. The van der Waals surface area contributed by atoms with Gasteiger partial charge >= 0.3 is 0 Å². The van der Waals surface area contributed by atoms with E-state index >= 15 is 0 Å². The van der Waals surface area contributed by atoms with Crippen LogP contribution in [0.15, 0.2) is 4.99 Å². The zero-order chi connectivity index (χ0) is 10.4. The lowest BCUT2D eigenvalue weighted by molar-refractivity contribution is 0.531. The maximum Gasteiger partial charge on any atom is 0.215 e. The van der Waals surface area contributed by atoms with Gasteiger partial charge in [-0.15, -0.1) is 0 Å². The summed E-state index contributed by atoms with van der Waals surface area (Å²) in [4.78, 5) is 3.65. The smallest absolute Gasteiger partial charge is 0.215 e. The summed E-state index contributed by atoms with van der Waals surface area (Å²) in [6.07, 6.45) is 7.36. The molecule has 5 heteroatoms. The number of nitrogens with two attached hydrogens (primary N) is 2. The summed E-state index contributed by atoms with van der Waals surface area (Å²) in [6.45, 7) is 0. The Bertz CT molecular complexity index is 215. The van der Waals surface area contributed by atoms with Crippen LogP contribution in [-0.4, -0.2) is 18.0 Å². The molecule has 0 saturated heterocycles. The van der Waals surface area contributed by atoms with Gasteiger partial charge in [0, 0.05) is 6.04 Å². The first-order valence-electron chi connectivity index (χ1n) is 5.13. The zero-order valence-electron chi connectivity index (χ0n) is 8.42. The molecule has 0 heterocycles. The van der Waals surface area contributed by atoms with Crippen LogP contribution >= 0.6 is 0 Å². The monoisotopic (exact) mass is 197 g/mol. The van der Waals surface area contributed by atoms with Crippen molar-refractivity contribution in [2.45, 2.75) is 44.6 Å². The minimum Gasteiger partial charge on any atom is -0.370 e. The van der Waals surface area contributed by atoms with Crippen LogP contribution in [0.3, 0.4) is 0 Å². The Hall–Kier alpha value is -1.26. The lowest BCUT2D eigenvalue weighted by Crippen LogP contribution is -2.40. The van der Waals surface area contributed by atoms with Crippen molar-refractivity contribution < 1.29 is 0 Å². The molecule has 0 aromatic heterocycles. The van der Waals surface area contributed by atoms with Gasteiger partial charge in [-0.05, 0) is 12.8 Å². The fraction of sp³-hybridized carbons (Fsp3) is 0.778. The van der Waals surface area contributed by atoms with Gasteiger partial charge in [0.05, 0.1) is 0 Å². The molecule has 1 aliphatic carbocycles. The molecule has 1 aliphatic rings. The van der Waals surface area contributed by atoms with Crippen LogP contribution in [0.4, 0.5) is 0 Å². The summed E-state index contributed by atoms with van der Waals surface area (Å²) < 4.78 is 0. The lowest BCUT2D eigenvalue weighted by Gasteiger charge is -2.16. The molecule has 6 N–H and O–H groups in total. The van der Waals surface area contributed by atoms with E-state index in [-0.39, 0.29) is 11.9 Å². The van der Waals surface area contributed by atoms with Gasteiger partial charge in [-0.3, -0.25) is 5.41 Å². The van der Waals surface area contributed by atoms with Gasteiger partial charge in [0.2, 0.25) is 5.96 Å². The number of hydrogen-bond donors (Lipinski definition) is 4. The van der Waals surface area contributed by atoms with Crippen molar-refractivity contribution in [1.82, 2.24) is 5.32 Å². The third kappa shape index (κ3) is 4.11. The highest BCUT2D eigenvalue weighted by molar-refractivity contribution is 5.91. The maximum absolute atomic E-state index is 6.96. The highest BCUT2D eigenvalue weighted by atomic mass is 15.1. The lowest BCUT2D eigenvalue weighted by atomic mass is 10.1. The molecule has 1 fully saturated rings. The SMILES string of the molecule is N=C(N)/N=C(\N)NC1CCCCCC1. The molecule has 1 rings (SSSR count). The summed E-state index contributed by atoms with van der Waals surface area (Å²) in [5.74, 6) is 0.0213. The number of guanidine groups is 2. The molecule has 0 amide bonds. The van der Waals surface area contributed by atoms with E-state index in [0.29, 0.717) is 6.04 Å². The average molecular weight is 197 g/mol. The van der Waals surface area contributed by atoms with Crippen molar-refractivity contribution in [3.05, 3.63) is 0 Å². The van der Waals surface area contributed by atoms with E-state index in [4.69, 9.17) is 16.9 Å². The van der Waals surface area contributed by atoms with Crippen molar-refractivity contribution in [3.63, 3.8) is 0 Å². The molecule has 0 radical (unpaired) electrons. The highest BCUT2D eigenvalue weighted by Crippen LogP contribution is 2.16. The molecule has 0 aromatic carbocycles. The van der Waals surface area contributed by atoms with Gasteiger partial charge in [-0.2, -0.15) is 4.99 Å². The fourth-order valence-corrected chi connectivity index (χ4v) is 1.79. The topological polar surface area (TPSA) is 100 Å². The van der Waals surface area contributed by atoms with Crippen molar-refractivity contribution in [1.29, 1.82) is 5.41 Å². The largest absolute Gasteiger partial charge is 0.370 e. The predicted octanol–water partition coefficient (Wildman–Crippen LogP) is 0.507. The number of rotatable bonds is 1. The highest BCUT2D eigenvalue weighted by Gasteiger charge is 2.12. The molecule has 0 spiro atoms. The normalized spacial score (nSPS) is 20.1. The molecule has 0 aromatic rings. The second kappa shape index (κ2) is 5.47. The van der Waals surface area contributed by atoms with Crippen LogP contribution < -0.4 is 16.8 Å². The number of hydrogen-bond acceptors (Lipinski definition) is 1. The van der Waals surface area contributed by atoms with Gasteiger partial charge in [-0.25, -0.2) is 0 Å². The van der Waals surface area contributed by atoms with Crippen LogP contribution in [0.25, 0.3) is 0 Å². The second-order valence-corrected chi connectivity index (χ2v) is 3.72. The first kappa shape index (κ1) is 10.8. The van der Waals surface area contributed by atoms with Crippen molar-refractivity contribution in [3.8, 4) is 0 Å². The molecular weight excluding hydrogens is 178 g/mol. The Morgan fingerprint density at radius 2 is 1.71 bits per heavy atom. The molecule has 0 atom stereocenters. The molecule has 0 unspecified atom stereocenters. The van der Waals surface area contributed by atoms with Crippen LogP contribution in [0.5, 0.6) is 0 Å². The van der Waals surface area contributed by atoms with Crippen molar-refractivity contribution in [2.75, 3.05) is 0 Å². The van der Waals surface area contributed by atoms with Crippen LogP contribution in [-0.2, 0) is 0 Å². The van der Waals surface area contributed by atoms with Crippen molar-refractivity contribution >= 4 is 11.9 Å². The van der Waals surface area contributed by atoms with Crippen LogP contribution in [0.1, 0.15) is 38.5 Å². The quantitative estimate of drug-likeness (QED) is 0.280. The van der Waals surface area contributed by atoms with Gasteiger partial charge < -0.3 is 16.8 Å². The third-order valence-electron chi connectivity index (χ3n) is 2.45. The van der Waals surface area contributed by atoms with E-state index in [1.807, 2.05) is 0 Å². The Kier molecular flexibility index (Phi) is 4.22. The van der Waals surface area contributed by atoms with Gasteiger partial charge in [-0.1, -0.05) is 25.7 Å². The molecule has 0 bridgehead atoms. The average Bonchev–Trinajstić information content (AvgIpc) is 2.31. The van der Waals surface area contributed by atoms with Crippen molar-refractivity contribution in [2.24, 2.45) is 16.5 Å². The van der Waals surface area contributed by atoms with E-state index in [1.165, 1.54) is 25.7 Å². The Morgan fingerprint density at radius 3 is 2.21 bits per heavy atom. The summed E-state index contributed by atoms with van der Waals surface area (Å²) in [6, 6.07) is 0.403. The van der Waals surface area contributed by atoms with E-state index in [0.717, 1.165) is 12.8 Å². The van der Waals surface area contributed by atoms with Gasteiger partial charge in [0.25, 0.3) is 0 Å². The molecule has 14 heavy (non-hydrogen) atoms. The maximum atomic E-state index is 6.96. The summed E-state index contributed by atoms with van der Waals surface area (Å²) >= 11 is 0. The molecular formula is C9H19N5. The molecule has 80 valence electrons. The molecule has 1 saturated carbocycles. The standard InChI is InChI=1S/C9H19N5/c10-8(11)14-9(12)13-7-5-3-1-2-4-6-7/h7H,1-6H2,(H6,10,11,12,13,14). The van der Waals surface area contributed by atoms with Gasteiger partial charge in [0.1, 0.15) is 0 Å². The Labute approximate surface area is 84.5 Å². The number of nitrogens with zero attached hydrogens (tertiary/aromatic N) is 1. The first-order valence-corrected chi connectivity index (χ1v) is 5.13. The van der Waals surface area contributed by atoms with Crippen LogP contribution in [0.2, 0.25) is 0 Å². The van der Waals surface area contributed by atoms with E-state index < -0.39 is 0 Å². The fourth-order valence-electron chi connectivity index (χ4n) is 1.79. The minimum atomic E-state index is -0.247. The minimum absolute atomic E-state index is 0.247. The Morgan fingerprint density at radius 1 is 1.14 bits per heavy atom. The summed E-state index contributed by atoms with van der Waals surface area (Å²) in [5, 5.41) is 10.1. The van der Waals surface area contributed by atoms with E-state index in [9.17, 15) is 0 Å². The molecule has 0 aliphatic heterocycles.